The Labute approximate surface area is 257 Å². The highest BCUT2D eigenvalue weighted by atomic mass is 35.5. The Morgan fingerprint density at radius 3 is 2.74 bits per heavy atom. The van der Waals surface area contributed by atoms with Gasteiger partial charge in [0.2, 0.25) is 0 Å². The number of hydrogen-bond acceptors (Lipinski definition) is 8. The third kappa shape index (κ3) is 6.06. The molecule has 0 aliphatic carbocycles. The van der Waals surface area contributed by atoms with Crippen molar-refractivity contribution in [2.24, 2.45) is 0 Å². The number of benzene rings is 3. The van der Waals surface area contributed by atoms with Crippen LogP contribution in [0.3, 0.4) is 0 Å². The molecule has 9 nitrogen and oxygen atoms in total. The lowest BCUT2D eigenvalue weighted by Gasteiger charge is -2.23. The first-order chi connectivity index (χ1) is 20.9. The number of methoxy groups -OCH3 is 1. The first-order valence-electron chi connectivity index (χ1n) is 13.7. The van der Waals surface area contributed by atoms with Crippen molar-refractivity contribution in [3.63, 3.8) is 0 Å². The summed E-state index contributed by atoms with van der Waals surface area (Å²) in [5.74, 6) is 0.162. The Bertz CT molecular complexity index is 1830. The minimum absolute atomic E-state index is 0.0408. The van der Waals surface area contributed by atoms with E-state index in [9.17, 15) is 9.65 Å². The zero-order chi connectivity index (χ0) is 29.9. The van der Waals surface area contributed by atoms with Gasteiger partial charge >= 0.3 is 0 Å². The molecule has 0 bridgehead atoms. The van der Waals surface area contributed by atoms with Crippen molar-refractivity contribution in [3.05, 3.63) is 99.7 Å². The molecule has 1 saturated heterocycles. The minimum atomic E-state index is -0.539. The van der Waals surface area contributed by atoms with Gasteiger partial charge in [-0.3, -0.25) is 4.98 Å². The number of halogens is 3. The number of aromatic nitrogens is 4. The van der Waals surface area contributed by atoms with Crippen molar-refractivity contribution in [2.75, 3.05) is 30.8 Å². The lowest BCUT2D eigenvalue weighted by Crippen LogP contribution is -2.29. The van der Waals surface area contributed by atoms with Crippen LogP contribution >= 0.6 is 23.2 Å². The van der Waals surface area contributed by atoms with E-state index in [1.165, 1.54) is 18.3 Å². The van der Waals surface area contributed by atoms with Gasteiger partial charge in [0, 0.05) is 22.3 Å². The van der Waals surface area contributed by atoms with E-state index in [2.05, 4.69) is 37.3 Å². The number of nitriles is 1. The van der Waals surface area contributed by atoms with Crippen molar-refractivity contribution < 1.29 is 9.13 Å². The molecule has 43 heavy (non-hydrogen) atoms. The third-order valence-electron chi connectivity index (χ3n) is 7.48. The molecule has 0 spiro atoms. The van der Waals surface area contributed by atoms with E-state index in [1.54, 1.807) is 25.3 Å². The number of ether oxygens (including phenoxy) is 1. The number of piperidine rings is 1. The van der Waals surface area contributed by atoms with E-state index in [0.29, 0.717) is 44.4 Å². The molecule has 3 heterocycles. The lowest BCUT2D eigenvalue weighted by molar-refractivity contribution is 0.337. The fourth-order valence-corrected chi connectivity index (χ4v) is 5.69. The molecule has 1 aliphatic rings. The van der Waals surface area contributed by atoms with Crippen molar-refractivity contribution in [1.82, 2.24) is 25.3 Å². The van der Waals surface area contributed by atoms with E-state index >= 15 is 0 Å². The van der Waals surface area contributed by atoms with Crippen molar-refractivity contribution in [1.29, 1.82) is 5.26 Å². The summed E-state index contributed by atoms with van der Waals surface area (Å²) >= 11 is 12.7. The molecule has 3 N–H and O–H groups in total. The largest absolute Gasteiger partial charge is 0.497 e. The predicted molar refractivity (Wildman–Crippen MR) is 166 cm³/mol. The van der Waals surface area contributed by atoms with Gasteiger partial charge in [-0.1, -0.05) is 40.5 Å². The Hall–Kier alpha value is -4.43. The summed E-state index contributed by atoms with van der Waals surface area (Å²) in [5, 5.41) is 30.1. The fraction of sp³-hybridized carbons (Fsp3) is 0.226. The van der Waals surface area contributed by atoms with E-state index in [-0.39, 0.29) is 16.6 Å². The van der Waals surface area contributed by atoms with Crippen molar-refractivity contribution in [2.45, 2.75) is 24.9 Å². The molecule has 1 unspecified atom stereocenters. The SMILES string of the molecule is COc1cccc(C(Nc2cc(Cl)cc3c(Nc4ccc(F)c(Cl)c4)c(C#N)cnc23)c2cn(C3CCNCC3)nn2)c1. The summed E-state index contributed by atoms with van der Waals surface area (Å²) in [4.78, 5) is 4.64. The Morgan fingerprint density at radius 2 is 1.98 bits per heavy atom. The first kappa shape index (κ1) is 28.7. The van der Waals surface area contributed by atoms with Crippen LogP contribution in [0.5, 0.6) is 5.75 Å². The molecule has 1 atom stereocenters. The van der Waals surface area contributed by atoms with Gasteiger partial charge in [-0.2, -0.15) is 5.26 Å². The average Bonchev–Trinajstić information content (AvgIpc) is 3.52. The van der Waals surface area contributed by atoms with E-state index in [0.717, 1.165) is 31.5 Å². The topological polar surface area (TPSA) is 113 Å². The molecule has 5 aromatic rings. The molecular weight excluding hydrogens is 590 g/mol. The first-order valence-corrected chi connectivity index (χ1v) is 14.5. The zero-order valence-electron chi connectivity index (χ0n) is 23.1. The van der Waals surface area contributed by atoms with Crippen LogP contribution in [0, 0.1) is 17.1 Å². The summed E-state index contributed by atoms with van der Waals surface area (Å²) in [5.41, 5.74) is 4.07. The Morgan fingerprint density at radius 1 is 1.14 bits per heavy atom. The third-order valence-corrected chi connectivity index (χ3v) is 7.99. The van der Waals surface area contributed by atoms with Gasteiger partial charge in [-0.25, -0.2) is 9.07 Å². The molecule has 1 aliphatic heterocycles. The highest BCUT2D eigenvalue weighted by Crippen LogP contribution is 2.38. The van der Waals surface area contributed by atoms with Crippen LogP contribution in [0.2, 0.25) is 10.0 Å². The van der Waals surface area contributed by atoms with Crippen LogP contribution in [0.25, 0.3) is 10.9 Å². The molecule has 218 valence electrons. The number of pyridine rings is 1. The van der Waals surface area contributed by atoms with Gasteiger partial charge in [0.1, 0.15) is 23.3 Å². The summed E-state index contributed by atoms with van der Waals surface area (Å²) in [6, 6.07) is 17.5. The highest BCUT2D eigenvalue weighted by molar-refractivity contribution is 6.32. The van der Waals surface area contributed by atoms with Crippen molar-refractivity contribution in [3.8, 4) is 11.8 Å². The van der Waals surface area contributed by atoms with Crippen LogP contribution in [-0.2, 0) is 0 Å². The Balaban J connectivity index is 1.44. The van der Waals surface area contributed by atoms with E-state index in [1.807, 2.05) is 35.1 Å². The minimum Gasteiger partial charge on any atom is -0.497 e. The van der Waals surface area contributed by atoms with E-state index in [4.69, 9.17) is 27.9 Å². The standard InChI is InChI=1S/C31H27Cl2FN8O/c1-43-23-4-2-3-18(11-23)30(28-17-42(41-40-28)22-7-9-36-10-8-22)39-27-13-20(32)12-24-29(19(15-35)16-37-31(24)27)38-21-5-6-26(34)25(33)14-21/h2-6,11-14,16-17,22,30,36,39H,7-10H2,1H3,(H,37,38). The van der Waals surface area contributed by atoms with Crippen LogP contribution < -0.4 is 20.7 Å². The maximum Gasteiger partial charge on any atom is 0.141 e. The van der Waals surface area contributed by atoms with Crippen LogP contribution in [-0.4, -0.2) is 40.2 Å². The highest BCUT2D eigenvalue weighted by Gasteiger charge is 2.24. The summed E-state index contributed by atoms with van der Waals surface area (Å²) in [7, 11) is 1.62. The van der Waals surface area contributed by atoms with Crippen LogP contribution in [0.1, 0.15) is 41.7 Å². The number of rotatable bonds is 8. The fourth-order valence-electron chi connectivity index (χ4n) is 5.29. The Kier molecular flexibility index (Phi) is 8.29. The second-order valence-electron chi connectivity index (χ2n) is 10.2. The van der Waals surface area contributed by atoms with Gasteiger partial charge in [-0.15, -0.1) is 5.10 Å². The van der Waals surface area contributed by atoms with Gasteiger partial charge in [0.25, 0.3) is 0 Å². The number of nitrogens with one attached hydrogen (secondary N) is 3. The summed E-state index contributed by atoms with van der Waals surface area (Å²) in [6.45, 7) is 1.87. The monoisotopic (exact) mass is 616 g/mol. The number of hydrogen-bond donors (Lipinski definition) is 3. The van der Waals surface area contributed by atoms with E-state index < -0.39 is 11.9 Å². The molecule has 0 radical (unpaired) electrons. The number of nitrogens with zero attached hydrogens (tertiary/aromatic N) is 5. The zero-order valence-corrected chi connectivity index (χ0v) is 24.6. The second kappa shape index (κ2) is 12.4. The summed E-state index contributed by atoms with van der Waals surface area (Å²) in [6.07, 6.45) is 5.41. The molecule has 1 fully saturated rings. The predicted octanol–water partition coefficient (Wildman–Crippen LogP) is 7.02. The number of fused-ring (bicyclic) bond motifs is 1. The van der Waals surface area contributed by atoms with Crippen molar-refractivity contribution >= 4 is 51.2 Å². The van der Waals surface area contributed by atoms with Gasteiger partial charge in [-0.05, 0) is 74.0 Å². The molecule has 6 rings (SSSR count). The molecule has 0 amide bonds. The smallest absolute Gasteiger partial charge is 0.141 e. The molecule has 0 saturated carbocycles. The lowest BCUT2D eigenvalue weighted by atomic mass is 10.0. The quantitative estimate of drug-likeness (QED) is 0.170. The molecule has 3 aromatic carbocycles. The second-order valence-corrected chi connectivity index (χ2v) is 11.1. The van der Waals surface area contributed by atoms with Crippen LogP contribution in [0.15, 0.2) is 67.0 Å². The molecule has 12 heteroatoms. The molecular formula is C31H27Cl2FN8O. The van der Waals surface area contributed by atoms with Gasteiger partial charge in [0.05, 0.1) is 52.9 Å². The normalized spacial score (nSPS) is 14.3. The van der Waals surface area contributed by atoms with Gasteiger partial charge in [0.15, 0.2) is 0 Å². The summed E-state index contributed by atoms with van der Waals surface area (Å²) < 4.78 is 21.3. The maximum absolute atomic E-state index is 13.8. The van der Waals surface area contributed by atoms with Gasteiger partial charge < -0.3 is 20.7 Å². The van der Waals surface area contributed by atoms with Crippen LogP contribution in [0.4, 0.5) is 21.5 Å². The number of anilines is 3. The molecule has 2 aromatic heterocycles. The average molecular weight is 618 g/mol. The maximum atomic E-state index is 13.8.